The van der Waals surface area contributed by atoms with Crippen LogP contribution in [0.4, 0.5) is 0 Å². The predicted molar refractivity (Wildman–Crippen MR) is 61.6 cm³/mol. The van der Waals surface area contributed by atoms with Crippen LogP contribution in [0, 0.1) is 19.8 Å². The molecular weight excluding hydrogens is 186 g/mol. The van der Waals surface area contributed by atoms with Crippen LogP contribution in [0.5, 0.6) is 0 Å². The summed E-state index contributed by atoms with van der Waals surface area (Å²) in [5.74, 6) is 0.841. The molecule has 15 heavy (non-hydrogen) atoms. The molecule has 1 fully saturated rings. The topological polar surface area (TPSA) is 43.8 Å². The third-order valence-electron chi connectivity index (χ3n) is 3.64. The summed E-state index contributed by atoms with van der Waals surface area (Å²) in [5, 5.41) is 4.58. The summed E-state index contributed by atoms with van der Waals surface area (Å²) in [4.78, 5) is 0. The molecular formula is C12H21N3. The molecule has 0 aliphatic heterocycles. The van der Waals surface area contributed by atoms with E-state index >= 15 is 0 Å². The SMILES string of the molecule is Cc1nn(CC2CCCC2)c(C)c1CN. The van der Waals surface area contributed by atoms with Crippen LogP contribution >= 0.6 is 0 Å². The number of nitrogens with two attached hydrogens (primary N) is 1. The van der Waals surface area contributed by atoms with Crippen molar-refractivity contribution in [1.29, 1.82) is 0 Å². The van der Waals surface area contributed by atoms with E-state index < -0.39 is 0 Å². The second-order valence-electron chi connectivity index (χ2n) is 4.69. The second kappa shape index (κ2) is 4.35. The summed E-state index contributed by atoms with van der Waals surface area (Å²) in [6.07, 6.45) is 5.54. The molecule has 2 N–H and O–H groups in total. The molecule has 0 saturated heterocycles. The molecule has 3 nitrogen and oxygen atoms in total. The highest BCUT2D eigenvalue weighted by Crippen LogP contribution is 2.27. The number of hydrogen-bond acceptors (Lipinski definition) is 2. The maximum Gasteiger partial charge on any atom is 0.0641 e. The summed E-state index contributed by atoms with van der Waals surface area (Å²) >= 11 is 0. The Kier molecular flexibility index (Phi) is 3.10. The number of nitrogens with zero attached hydrogens (tertiary/aromatic N) is 2. The highest BCUT2D eigenvalue weighted by molar-refractivity contribution is 5.24. The summed E-state index contributed by atoms with van der Waals surface area (Å²) in [5.41, 5.74) is 9.32. The molecule has 1 heterocycles. The summed E-state index contributed by atoms with van der Waals surface area (Å²) < 4.78 is 2.16. The van der Waals surface area contributed by atoms with Crippen molar-refractivity contribution in [2.24, 2.45) is 11.7 Å². The smallest absolute Gasteiger partial charge is 0.0641 e. The van der Waals surface area contributed by atoms with Gasteiger partial charge in [-0.15, -0.1) is 0 Å². The average Bonchev–Trinajstić information content (AvgIpc) is 2.78. The van der Waals surface area contributed by atoms with Crippen molar-refractivity contribution < 1.29 is 0 Å². The van der Waals surface area contributed by atoms with E-state index in [2.05, 4.69) is 23.6 Å². The van der Waals surface area contributed by atoms with E-state index in [4.69, 9.17) is 5.73 Å². The van der Waals surface area contributed by atoms with Gasteiger partial charge >= 0.3 is 0 Å². The van der Waals surface area contributed by atoms with Gasteiger partial charge in [0, 0.05) is 24.3 Å². The van der Waals surface area contributed by atoms with Gasteiger partial charge in [0.25, 0.3) is 0 Å². The van der Waals surface area contributed by atoms with Crippen molar-refractivity contribution in [2.75, 3.05) is 0 Å². The van der Waals surface area contributed by atoms with Crippen LogP contribution in [-0.2, 0) is 13.1 Å². The van der Waals surface area contributed by atoms with Crippen molar-refractivity contribution in [2.45, 2.75) is 52.6 Å². The zero-order valence-corrected chi connectivity index (χ0v) is 9.79. The van der Waals surface area contributed by atoms with Gasteiger partial charge in [0.2, 0.25) is 0 Å². The highest BCUT2D eigenvalue weighted by Gasteiger charge is 2.18. The largest absolute Gasteiger partial charge is 0.326 e. The van der Waals surface area contributed by atoms with E-state index in [-0.39, 0.29) is 0 Å². The molecule has 1 aromatic rings. The van der Waals surface area contributed by atoms with Crippen LogP contribution in [0.15, 0.2) is 0 Å². The lowest BCUT2D eigenvalue weighted by Crippen LogP contribution is -2.11. The maximum absolute atomic E-state index is 5.72. The lowest BCUT2D eigenvalue weighted by atomic mass is 10.1. The number of rotatable bonds is 3. The molecule has 2 rings (SSSR count). The molecule has 1 aliphatic carbocycles. The first-order chi connectivity index (χ1) is 7.22. The van der Waals surface area contributed by atoms with Crippen LogP contribution in [0.1, 0.15) is 42.6 Å². The fourth-order valence-electron chi connectivity index (χ4n) is 2.64. The molecule has 0 atom stereocenters. The molecule has 1 saturated carbocycles. The van der Waals surface area contributed by atoms with Gasteiger partial charge in [0.05, 0.1) is 5.69 Å². The molecule has 0 amide bonds. The normalized spacial score (nSPS) is 17.5. The summed E-state index contributed by atoms with van der Waals surface area (Å²) in [7, 11) is 0. The lowest BCUT2D eigenvalue weighted by molar-refractivity contribution is 0.421. The minimum Gasteiger partial charge on any atom is -0.326 e. The minimum absolute atomic E-state index is 0.613. The van der Waals surface area contributed by atoms with Crippen molar-refractivity contribution in [3.8, 4) is 0 Å². The summed E-state index contributed by atoms with van der Waals surface area (Å²) in [6.45, 7) is 5.90. The van der Waals surface area contributed by atoms with Crippen molar-refractivity contribution in [3.63, 3.8) is 0 Å². The van der Waals surface area contributed by atoms with Crippen molar-refractivity contribution >= 4 is 0 Å². The second-order valence-corrected chi connectivity index (χ2v) is 4.69. The first-order valence-electron chi connectivity index (χ1n) is 5.95. The van der Waals surface area contributed by atoms with Gasteiger partial charge < -0.3 is 5.73 Å². The van der Waals surface area contributed by atoms with Gasteiger partial charge in [0.1, 0.15) is 0 Å². The molecule has 0 radical (unpaired) electrons. The molecule has 1 aromatic heterocycles. The Morgan fingerprint density at radius 3 is 2.53 bits per heavy atom. The van der Waals surface area contributed by atoms with E-state index in [1.807, 2.05) is 0 Å². The predicted octanol–water partition coefficient (Wildman–Crippen LogP) is 2.15. The fourth-order valence-corrected chi connectivity index (χ4v) is 2.64. The zero-order chi connectivity index (χ0) is 10.8. The number of aryl methyl sites for hydroxylation is 1. The third-order valence-corrected chi connectivity index (χ3v) is 3.64. The van der Waals surface area contributed by atoms with Gasteiger partial charge in [-0.25, -0.2) is 0 Å². The molecule has 0 unspecified atom stereocenters. The summed E-state index contributed by atoms with van der Waals surface area (Å²) in [6, 6.07) is 0. The monoisotopic (exact) mass is 207 g/mol. The fraction of sp³-hybridized carbons (Fsp3) is 0.750. The zero-order valence-electron chi connectivity index (χ0n) is 9.79. The van der Waals surface area contributed by atoms with Crippen molar-refractivity contribution in [1.82, 2.24) is 9.78 Å². The molecule has 3 heteroatoms. The molecule has 0 spiro atoms. The Hall–Kier alpha value is -0.830. The van der Waals surface area contributed by atoms with E-state index in [9.17, 15) is 0 Å². The standard InChI is InChI=1S/C12H21N3/c1-9-12(7-13)10(2)15(14-9)8-11-5-3-4-6-11/h11H,3-8,13H2,1-2H3. The van der Waals surface area contributed by atoms with Gasteiger partial charge in [-0.2, -0.15) is 5.10 Å². The van der Waals surface area contributed by atoms with Gasteiger partial charge in [0.15, 0.2) is 0 Å². The van der Waals surface area contributed by atoms with Crippen LogP contribution in [0.25, 0.3) is 0 Å². The highest BCUT2D eigenvalue weighted by atomic mass is 15.3. The van der Waals surface area contributed by atoms with E-state index in [1.165, 1.54) is 36.9 Å². The van der Waals surface area contributed by atoms with Gasteiger partial charge in [-0.1, -0.05) is 12.8 Å². The Bertz CT molecular complexity index is 335. The first kappa shape index (κ1) is 10.7. The molecule has 0 aromatic carbocycles. The Morgan fingerprint density at radius 1 is 1.33 bits per heavy atom. The molecule has 1 aliphatic rings. The molecule has 84 valence electrons. The number of aromatic nitrogens is 2. The number of hydrogen-bond donors (Lipinski definition) is 1. The van der Waals surface area contributed by atoms with Gasteiger partial charge in [-0.05, 0) is 32.6 Å². The van der Waals surface area contributed by atoms with Crippen LogP contribution in [-0.4, -0.2) is 9.78 Å². The Labute approximate surface area is 91.7 Å². The quantitative estimate of drug-likeness (QED) is 0.825. The maximum atomic E-state index is 5.72. The van der Waals surface area contributed by atoms with E-state index in [1.54, 1.807) is 0 Å². The van der Waals surface area contributed by atoms with Crippen LogP contribution in [0.3, 0.4) is 0 Å². The van der Waals surface area contributed by atoms with E-state index in [0.29, 0.717) is 6.54 Å². The third kappa shape index (κ3) is 2.07. The first-order valence-corrected chi connectivity index (χ1v) is 5.95. The Morgan fingerprint density at radius 2 is 2.00 bits per heavy atom. The lowest BCUT2D eigenvalue weighted by Gasteiger charge is -2.10. The van der Waals surface area contributed by atoms with Crippen LogP contribution in [0.2, 0.25) is 0 Å². The van der Waals surface area contributed by atoms with Gasteiger partial charge in [-0.3, -0.25) is 4.68 Å². The Balaban J connectivity index is 2.13. The average molecular weight is 207 g/mol. The molecule has 0 bridgehead atoms. The minimum atomic E-state index is 0.613. The van der Waals surface area contributed by atoms with E-state index in [0.717, 1.165) is 18.2 Å². The van der Waals surface area contributed by atoms with Crippen LogP contribution < -0.4 is 5.73 Å². The van der Waals surface area contributed by atoms with Crippen molar-refractivity contribution in [3.05, 3.63) is 17.0 Å².